The van der Waals surface area contributed by atoms with E-state index in [9.17, 15) is 4.79 Å². The molecule has 0 bridgehead atoms. The first-order valence-electron chi connectivity index (χ1n) is 10.3. The molecule has 1 amide bonds. The van der Waals surface area contributed by atoms with E-state index in [1.807, 2.05) is 50.2 Å². The summed E-state index contributed by atoms with van der Waals surface area (Å²) in [5.41, 5.74) is 5.53. The number of aryl methyl sites for hydroxylation is 1. The van der Waals surface area contributed by atoms with Gasteiger partial charge in [-0.2, -0.15) is 0 Å². The molecule has 0 aliphatic carbocycles. The highest BCUT2D eigenvalue weighted by atomic mass is 16.2. The molecule has 0 fully saturated rings. The summed E-state index contributed by atoms with van der Waals surface area (Å²) in [7, 11) is 0. The van der Waals surface area contributed by atoms with E-state index in [0.717, 1.165) is 16.8 Å². The first kappa shape index (κ1) is 19.9. The van der Waals surface area contributed by atoms with E-state index in [0.29, 0.717) is 6.54 Å². The van der Waals surface area contributed by atoms with Gasteiger partial charge < -0.3 is 15.6 Å². The highest BCUT2D eigenvalue weighted by Crippen LogP contribution is 2.30. The smallest absolute Gasteiger partial charge is 0.241 e. The van der Waals surface area contributed by atoms with Crippen molar-refractivity contribution in [2.75, 3.05) is 11.9 Å². The number of aromatic amines is 1. The van der Waals surface area contributed by atoms with Crippen LogP contribution in [-0.2, 0) is 4.79 Å². The lowest BCUT2D eigenvalue weighted by Gasteiger charge is -2.21. The third-order valence-electron chi connectivity index (χ3n) is 5.51. The molecule has 3 N–H and O–H groups in total. The number of aromatic nitrogens is 1. The van der Waals surface area contributed by atoms with Crippen LogP contribution in [0.25, 0.3) is 10.9 Å². The number of hydrogen-bond acceptors (Lipinski definition) is 2. The van der Waals surface area contributed by atoms with Crippen molar-refractivity contribution >= 4 is 22.5 Å². The van der Waals surface area contributed by atoms with Crippen LogP contribution in [0, 0.1) is 6.92 Å². The van der Waals surface area contributed by atoms with E-state index in [-0.39, 0.29) is 17.9 Å². The molecule has 2 atom stereocenters. The molecule has 0 radical (unpaired) electrons. The molecule has 0 spiro atoms. The van der Waals surface area contributed by atoms with Gasteiger partial charge in [-0.3, -0.25) is 4.79 Å². The Morgan fingerprint density at radius 1 is 0.967 bits per heavy atom. The molecule has 0 aliphatic heterocycles. The zero-order valence-corrected chi connectivity index (χ0v) is 17.4. The van der Waals surface area contributed by atoms with Crippen molar-refractivity contribution < 1.29 is 4.79 Å². The Bertz CT molecular complexity index is 1130. The number of carbonyl (C=O) groups is 1. The fourth-order valence-corrected chi connectivity index (χ4v) is 3.84. The highest BCUT2D eigenvalue weighted by molar-refractivity contribution is 5.94. The van der Waals surface area contributed by atoms with Crippen LogP contribution in [-0.4, -0.2) is 23.5 Å². The van der Waals surface area contributed by atoms with E-state index >= 15 is 0 Å². The largest absolute Gasteiger partial charge is 0.361 e. The molecule has 30 heavy (non-hydrogen) atoms. The van der Waals surface area contributed by atoms with Crippen LogP contribution >= 0.6 is 0 Å². The summed E-state index contributed by atoms with van der Waals surface area (Å²) in [5, 5.41) is 7.66. The minimum Gasteiger partial charge on any atom is -0.361 e. The number of hydrogen-bond donors (Lipinski definition) is 3. The summed E-state index contributed by atoms with van der Waals surface area (Å²) in [6.45, 7) is 4.58. The monoisotopic (exact) mass is 397 g/mol. The number of anilines is 1. The Hall–Kier alpha value is -3.37. The van der Waals surface area contributed by atoms with Gasteiger partial charge >= 0.3 is 0 Å². The summed E-state index contributed by atoms with van der Waals surface area (Å²) in [6, 6.07) is 26.3. The second kappa shape index (κ2) is 8.97. The van der Waals surface area contributed by atoms with Crippen molar-refractivity contribution in [1.29, 1.82) is 0 Å². The molecule has 0 aliphatic rings. The van der Waals surface area contributed by atoms with Crippen LogP contribution in [0.5, 0.6) is 0 Å². The van der Waals surface area contributed by atoms with Gasteiger partial charge in [0.05, 0.1) is 6.04 Å². The number of nitrogens with one attached hydrogen (secondary N) is 3. The van der Waals surface area contributed by atoms with Gasteiger partial charge in [0, 0.05) is 35.2 Å². The molecule has 1 aromatic heterocycles. The van der Waals surface area contributed by atoms with Gasteiger partial charge in [-0.05, 0) is 48.7 Å². The van der Waals surface area contributed by atoms with Crippen molar-refractivity contribution in [3.8, 4) is 0 Å². The molecule has 0 saturated carbocycles. The normalized spacial score (nSPS) is 13.1. The van der Waals surface area contributed by atoms with Crippen molar-refractivity contribution in [3.63, 3.8) is 0 Å². The second-order valence-corrected chi connectivity index (χ2v) is 7.74. The SMILES string of the molecule is Cc1cccc(NC(=O)[C@@H](C)NC[C@H](c2ccccc2)c2c[nH]c3ccccc23)c1. The van der Waals surface area contributed by atoms with Crippen LogP contribution in [0.1, 0.15) is 29.5 Å². The Morgan fingerprint density at radius 2 is 1.73 bits per heavy atom. The number of amides is 1. The van der Waals surface area contributed by atoms with Gasteiger partial charge in [-0.25, -0.2) is 0 Å². The summed E-state index contributed by atoms with van der Waals surface area (Å²) >= 11 is 0. The zero-order chi connectivity index (χ0) is 20.9. The predicted molar refractivity (Wildman–Crippen MR) is 124 cm³/mol. The molecular weight excluding hydrogens is 370 g/mol. The van der Waals surface area contributed by atoms with Gasteiger partial charge in [-0.15, -0.1) is 0 Å². The van der Waals surface area contributed by atoms with Crippen LogP contribution in [0.4, 0.5) is 5.69 Å². The highest BCUT2D eigenvalue weighted by Gasteiger charge is 2.20. The van der Waals surface area contributed by atoms with E-state index in [2.05, 4.69) is 64.3 Å². The zero-order valence-electron chi connectivity index (χ0n) is 17.4. The summed E-state index contributed by atoms with van der Waals surface area (Å²) in [5.74, 6) is 0.0999. The lowest BCUT2D eigenvalue weighted by Crippen LogP contribution is -2.40. The first-order valence-corrected chi connectivity index (χ1v) is 10.3. The van der Waals surface area contributed by atoms with E-state index in [4.69, 9.17) is 0 Å². The molecule has 4 aromatic rings. The van der Waals surface area contributed by atoms with Gasteiger partial charge in [0.2, 0.25) is 5.91 Å². The average molecular weight is 398 g/mol. The van der Waals surface area contributed by atoms with Gasteiger partial charge in [0.15, 0.2) is 0 Å². The molecule has 4 heteroatoms. The Morgan fingerprint density at radius 3 is 2.53 bits per heavy atom. The number of benzene rings is 3. The molecular formula is C26H27N3O. The number of H-pyrrole nitrogens is 1. The Kier molecular flexibility index (Phi) is 5.96. The van der Waals surface area contributed by atoms with Crippen LogP contribution in [0.2, 0.25) is 0 Å². The lowest BCUT2D eigenvalue weighted by atomic mass is 9.90. The van der Waals surface area contributed by atoms with Gasteiger partial charge in [-0.1, -0.05) is 60.7 Å². The Balaban J connectivity index is 1.52. The van der Waals surface area contributed by atoms with Crippen LogP contribution in [0.3, 0.4) is 0 Å². The quantitative estimate of drug-likeness (QED) is 0.400. The standard InChI is InChI=1S/C26H27N3O/c1-18-9-8-12-21(15-18)29-26(30)19(2)27-16-23(20-10-4-3-5-11-20)24-17-28-25-14-7-6-13-22(24)25/h3-15,17,19,23,27-28H,16H2,1-2H3,(H,29,30)/t19-,23-/m1/s1. The number of rotatable bonds is 7. The summed E-state index contributed by atoms with van der Waals surface area (Å²) in [6.07, 6.45) is 2.08. The van der Waals surface area contributed by atoms with Crippen molar-refractivity contribution in [3.05, 3.63) is 102 Å². The third kappa shape index (κ3) is 4.44. The molecule has 0 saturated heterocycles. The minimum absolute atomic E-state index is 0.0358. The molecule has 3 aromatic carbocycles. The number of carbonyl (C=O) groups excluding carboxylic acids is 1. The summed E-state index contributed by atoms with van der Waals surface area (Å²) < 4.78 is 0. The minimum atomic E-state index is -0.318. The molecule has 4 nitrogen and oxygen atoms in total. The average Bonchev–Trinajstić information content (AvgIpc) is 3.18. The summed E-state index contributed by atoms with van der Waals surface area (Å²) in [4.78, 5) is 16.1. The van der Waals surface area contributed by atoms with Crippen molar-refractivity contribution in [2.45, 2.75) is 25.8 Å². The van der Waals surface area contributed by atoms with Crippen LogP contribution < -0.4 is 10.6 Å². The maximum atomic E-state index is 12.7. The first-order chi connectivity index (χ1) is 14.6. The molecule has 0 unspecified atom stereocenters. The van der Waals surface area contributed by atoms with Gasteiger partial charge in [0.25, 0.3) is 0 Å². The Labute approximate surface area is 177 Å². The topological polar surface area (TPSA) is 56.9 Å². The van der Waals surface area contributed by atoms with Gasteiger partial charge in [0.1, 0.15) is 0 Å². The fourth-order valence-electron chi connectivity index (χ4n) is 3.84. The van der Waals surface area contributed by atoms with Crippen molar-refractivity contribution in [2.24, 2.45) is 0 Å². The predicted octanol–water partition coefficient (Wildman–Crippen LogP) is 5.23. The lowest BCUT2D eigenvalue weighted by molar-refractivity contribution is -0.117. The number of para-hydroxylation sites is 1. The fraction of sp³-hybridized carbons (Fsp3) is 0.192. The molecule has 152 valence electrons. The second-order valence-electron chi connectivity index (χ2n) is 7.74. The van der Waals surface area contributed by atoms with E-state index in [1.165, 1.54) is 16.5 Å². The maximum Gasteiger partial charge on any atom is 0.241 e. The number of fused-ring (bicyclic) bond motifs is 1. The third-order valence-corrected chi connectivity index (χ3v) is 5.51. The maximum absolute atomic E-state index is 12.7. The van der Waals surface area contributed by atoms with Crippen molar-refractivity contribution in [1.82, 2.24) is 10.3 Å². The van der Waals surface area contributed by atoms with E-state index in [1.54, 1.807) is 0 Å². The van der Waals surface area contributed by atoms with E-state index < -0.39 is 0 Å². The van der Waals surface area contributed by atoms with Crippen LogP contribution in [0.15, 0.2) is 85.1 Å². The molecule has 4 rings (SSSR count). The molecule has 1 heterocycles.